The van der Waals surface area contributed by atoms with Crippen LogP contribution in [0.25, 0.3) is 10.9 Å². The summed E-state index contributed by atoms with van der Waals surface area (Å²) >= 11 is 0. The average molecular weight is 243 g/mol. The lowest BCUT2D eigenvalue weighted by Crippen LogP contribution is -1.97. The van der Waals surface area contributed by atoms with Gasteiger partial charge in [-0.05, 0) is 36.6 Å². The van der Waals surface area contributed by atoms with E-state index in [9.17, 15) is 4.39 Å². The zero-order valence-corrected chi connectivity index (χ0v) is 10.2. The maximum atomic E-state index is 13.3. The molecule has 3 nitrogen and oxygen atoms in total. The first-order chi connectivity index (χ1) is 8.76. The fourth-order valence-electron chi connectivity index (χ4n) is 2.15. The van der Waals surface area contributed by atoms with Gasteiger partial charge in [0.1, 0.15) is 5.82 Å². The molecule has 3 rings (SSSR count). The molecule has 0 spiro atoms. The van der Waals surface area contributed by atoms with Crippen molar-refractivity contribution in [3.05, 3.63) is 54.2 Å². The van der Waals surface area contributed by atoms with Gasteiger partial charge in [-0.15, -0.1) is 0 Å². The van der Waals surface area contributed by atoms with Crippen LogP contribution in [0.2, 0.25) is 0 Å². The average Bonchev–Trinajstić information content (AvgIpc) is 2.97. The highest BCUT2D eigenvalue weighted by Gasteiger charge is 2.04. The van der Waals surface area contributed by atoms with Crippen molar-refractivity contribution in [2.45, 2.75) is 20.0 Å². The highest BCUT2D eigenvalue weighted by Crippen LogP contribution is 2.18. The predicted molar refractivity (Wildman–Crippen MR) is 68.9 cm³/mol. The van der Waals surface area contributed by atoms with E-state index in [2.05, 4.69) is 12.0 Å². The minimum Gasteiger partial charge on any atom is -0.343 e. The van der Waals surface area contributed by atoms with Crippen LogP contribution in [0.1, 0.15) is 12.5 Å². The lowest BCUT2D eigenvalue weighted by atomic mass is 10.2. The minimum absolute atomic E-state index is 0.202. The molecule has 0 aliphatic heterocycles. The number of nitrogens with zero attached hydrogens (tertiary/aromatic N) is 3. The molecule has 4 heteroatoms. The lowest BCUT2D eigenvalue weighted by molar-refractivity contribution is 0.628. The highest BCUT2D eigenvalue weighted by molar-refractivity contribution is 5.80. The van der Waals surface area contributed by atoms with Gasteiger partial charge in [-0.2, -0.15) is 5.10 Å². The van der Waals surface area contributed by atoms with E-state index in [1.165, 1.54) is 6.07 Å². The van der Waals surface area contributed by atoms with Gasteiger partial charge in [0, 0.05) is 24.5 Å². The topological polar surface area (TPSA) is 22.8 Å². The van der Waals surface area contributed by atoms with Crippen molar-refractivity contribution >= 4 is 10.9 Å². The van der Waals surface area contributed by atoms with Gasteiger partial charge < -0.3 is 4.57 Å². The Morgan fingerprint density at radius 1 is 1.28 bits per heavy atom. The van der Waals surface area contributed by atoms with Crippen LogP contribution in [0, 0.1) is 5.82 Å². The van der Waals surface area contributed by atoms with Gasteiger partial charge in [0.05, 0.1) is 18.3 Å². The molecule has 0 amide bonds. The third-order valence-electron chi connectivity index (χ3n) is 3.10. The van der Waals surface area contributed by atoms with Crippen LogP contribution in [0.4, 0.5) is 4.39 Å². The number of halogens is 1. The van der Waals surface area contributed by atoms with Crippen LogP contribution in [0.5, 0.6) is 0 Å². The summed E-state index contributed by atoms with van der Waals surface area (Å²) in [6.07, 6.45) is 5.85. The van der Waals surface area contributed by atoms with Crippen molar-refractivity contribution in [1.82, 2.24) is 14.3 Å². The molecule has 0 aliphatic rings. The van der Waals surface area contributed by atoms with Crippen LogP contribution in [0.3, 0.4) is 0 Å². The Bertz CT molecular complexity index is 681. The first kappa shape index (κ1) is 11.0. The van der Waals surface area contributed by atoms with E-state index in [1.807, 2.05) is 33.9 Å². The van der Waals surface area contributed by atoms with Gasteiger partial charge in [-0.1, -0.05) is 0 Å². The second kappa shape index (κ2) is 4.29. The van der Waals surface area contributed by atoms with Gasteiger partial charge in [-0.25, -0.2) is 4.39 Å². The minimum atomic E-state index is -0.202. The van der Waals surface area contributed by atoms with E-state index in [0.29, 0.717) is 6.54 Å². The van der Waals surface area contributed by atoms with Gasteiger partial charge in [-0.3, -0.25) is 4.68 Å². The van der Waals surface area contributed by atoms with Gasteiger partial charge >= 0.3 is 0 Å². The summed E-state index contributed by atoms with van der Waals surface area (Å²) in [4.78, 5) is 0. The quantitative estimate of drug-likeness (QED) is 0.693. The smallest absolute Gasteiger partial charge is 0.125 e. The molecule has 0 atom stereocenters. The number of aromatic nitrogens is 3. The fraction of sp³-hybridized carbons (Fsp3) is 0.214. The normalized spacial score (nSPS) is 11.2. The fourth-order valence-corrected chi connectivity index (χ4v) is 2.15. The Hall–Kier alpha value is -2.10. The first-order valence-electron chi connectivity index (χ1n) is 6.02. The molecule has 0 saturated heterocycles. The van der Waals surface area contributed by atoms with E-state index in [4.69, 9.17) is 0 Å². The highest BCUT2D eigenvalue weighted by atomic mass is 19.1. The lowest BCUT2D eigenvalue weighted by Gasteiger charge is -2.03. The van der Waals surface area contributed by atoms with Crippen molar-refractivity contribution in [1.29, 1.82) is 0 Å². The molecule has 2 heterocycles. The summed E-state index contributed by atoms with van der Waals surface area (Å²) < 4.78 is 17.2. The van der Waals surface area contributed by atoms with Gasteiger partial charge in [0.15, 0.2) is 0 Å². The maximum absolute atomic E-state index is 13.3. The molecule has 0 N–H and O–H groups in total. The maximum Gasteiger partial charge on any atom is 0.125 e. The first-order valence-corrected chi connectivity index (χ1v) is 6.02. The number of hydrogen-bond acceptors (Lipinski definition) is 1. The summed E-state index contributed by atoms with van der Waals surface area (Å²) in [5.41, 5.74) is 2.04. The second-order valence-electron chi connectivity index (χ2n) is 4.35. The largest absolute Gasteiger partial charge is 0.343 e. The molecule has 2 aromatic heterocycles. The van der Waals surface area contributed by atoms with E-state index < -0.39 is 0 Å². The number of fused-ring (bicyclic) bond motifs is 1. The van der Waals surface area contributed by atoms with Crippen molar-refractivity contribution in [3.63, 3.8) is 0 Å². The van der Waals surface area contributed by atoms with E-state index in [1.54, 1.807) is 12.1 Å². The van der Waals surface area contributed by atoms with E-state index >= 15 is 0 Å². The van der Waals surface area contributed by atoms with Crippen LogP contribution in [0.15, 0.2) is 42.9 Å². The van der Waals surface area contributed by atoms with Crippen LogP contribution < -0.4 is 0 Å². The molecule has 3 aromatic rings. The Balaban J connectivity index is 1.96. The van der Waals surface area contributed by atoms with Crippen molar-refractivity contribution in [2.75, 3.05) is 0 Å². The van der Waals surface area contributed by atoms with Crippen LogP contribution in [-0.4, -0.2) is 14.3 Å². The third kappa shape index (κ3) is 1.90. The molecular weight excluding hydrogens is 229 g/mol. The Morgan fingerprint density at radius 2 is 2.17 bits per heavy atom. The van der Waals surface area contributed by atoms with Crippen molar-refractivity contribution < 1.29 is 4.39 Å². The summed E-state index contributed by atoms with van der Waals surface area (Å²) in [5.74, 6) is -0.202. The predicted octanol–water partition coefficient (Wildman–Crippen LogP) is 3.05. The number of rotatable bonds is 3. The number of hydrogen-bond donors (Lipinski definition) is 0. The molecule has 0 bridgehead atoms. The molecule has 0 saturated carbocycles. The molecule has 92 valence electrons. The van der Waals surface area contributed by atoms with E-state index in [-0.39, 0.29) is 5.82 Å². The van der Waals surface area contributed by atoms with E-state index in [0.717, 1.165) is 23.0 Å². The Labute approximate surface area is 104 Å². The summed E-state index contributed by atoms with van der Waals surface area (Å²) in [7, 11) is 0. The van der Waals surface area contributed by atoms with Crippen molar-refractivity contribution in [3.8, 4) is 0 Å². The third-order valence-corrected chi connectivity index (χ3v) is 3.10. The Morgan fingerprint density at radius 3 is 2.94 bits per heavy atom. The summed E-state index contributed by atoms with van der Waals surface area (Å²) in [6.45, 7) is 3.63. The number of aryl methyl sites for hydroxylation is 1. The molecule has 0 unspecified atom stereocenters. The SMILES string of the molecule is CCn1cc(Cn2ccc3ccc(F)cc32)cn1. The zero-order valence-electron chi connectivity index (χ0n) is 10.2. The van der Waals surface area contributed by atoms with Crippen molar-refractivity contribution in [2.24, 2.45) is 0 Å². The Kier molecular flexibility index (Phi) is 2.63. The van der Waals surface area contributed by atoms with Crippen LogP contribution in [-0.2, 0) is 13.1 Å². The molecule has 18 heavy (non-hydrogen) atoms. The molecular formula is C14H14FN3. The van der Waals surface area contributed by atoms with Gasteiger partial charge in [0.25, 0.3) is 0 Å². The van der Waals surface area contributed by atoms with Gasteiger partial charge in [0.2, 0.25) is 0 Å². The molecule has 0 aliphatic carbocycles. The molecule has 1 aromatic carbocycles. The van der Waals surface area contributed by atoms with Crippen LogP contribution >= 0.6 is 0 Å². The summed E-state index contributed by atoms with van der Waals surface area (Å²) in [5, 5.41) is 5.30. The molecule has 0 fully saturated rings. The number of benzene rings is 1. The summed E-state index contributed by atoms with van der Waals surface area (Å²) in [6, 6.07) is 6.86. The standard InChI is InChI=1S/C14H14FN3/c1-2-18-10-11(8-16-18)9-17-6-5-12-3-4-13(15)7-14(12)17/h3-8,10H,2,9H2,1H3. The zero-order chi connectivity index (χ0) is 12.5. The second-order valence-corrected chi connectivity index (χ2v) is 4.35. The molecule has 0 radical (unpaired) electrons. The monoisotopic (exact) mass is 243 g/mol.